The molecule has 0 radical (unpaired) electrons. The molecule has 1 aliphatic heterocycles. The highest BCUT2D eigenvalue weighted by Gasteiger charge is 2.28. The zero-order valence-corrected chi connectivity index (χ0v) is 16.9. The van der Waals surface area contributed by atoms with Crippen LogP contribution in [0.15, 0.2) is 77.7 Å². The first-order chi connectivity index (χ1) is 14.5. The zero-order chi connectivity index (χ0) is 21.1. The van der Waals surface area contributed by atoms with Gasteiger partial charge in [0.15, 0.2) is 0 Å². The molecule has 7 heteroatoms. The Hall–Kier alpha value is -3.47. The topological polar surface area (TPSA) is 90.3 Å². The van der Waals surface area contributed by atoms with Crippen molar-refractivity contribution in [2.75, 3.05) is 11.9 Å². The molecule has 0 bridgehead atoms. The molecule has 1 aliphatic rings. The van der Waals surface area contributed by atoms with E-state index in [4.69, 9.17) is 5.26 Å². The second-order valence-electron chi connectivity index (χ2n) is 7.03. The Balaban J connectivity index is 1.55. The van der Waals surface area contributed by atoms with E-state index in [1.165, 1.54) is 10.4 Å². The van der Waals surface area contributed by atoms with E-state index in [0.717, 1.165) is 11.1 Å². The second kappa shape index (κ2) is 8.11. The number of nitriles is 1. The minimum atomic E-state index is -3.58. The van der Waals surface area contributed by atoms with E-state index < -0.39 is 10.0 Å². The van der Waals surface area contributed by atoms with E-state index in [2.05, 4.69) is 5.32 Å². The van der Waals surface area contributed by atoms with Crippen LogP contribution in [0.4, 0.5) is 5.69 Å². The molecule has 0 saturated heterocycles. The summed E-state index contributed by atoms with van der Waals surface area (Å²) in [6.07, 6.45) is 0.611. The summed E-state index contributed by atoms with van der Waals surface area (Å²) < 4.78 is 27.3. The van der Waals surface area contributed by atoms with Gasteiger partial charge < -0.3 is 5.32 Å². The van der Waals surface area contributed by atoms with Crippen molar-refractivity contribution in [2.45, 2.75) is 17.9 Å². The normalized spacial score (nSPS) is 13.8. The lowest BCUT2D eigenvalue weighted by atomic mass is 10.0. The minimum Gasteiger partial charge on any atom is -0.322 e. The summed E-state index contributed by atoms with van der Waals surface area (Å²) in [7, 11) is -3.58. The number of rotatable bonds is 4. The number of hydrogen-bond donors (Lipinski definition) is 1. The summed E-state index contributed by atoms with van der Waals surface area (Å²) in [5.74, 6) is -0.323. The summed E-state index contributed by atoms with van der Waals surface area (Å²) in [4.78, 5) is 12.8. The third-order valence-corrected chi connectivity index (χ3v) is 6.94. The number of fused-ring (bicyclic) bond motifs is 1. The molecule has 0 fully saturated rings. The molecule has 150 valence electrons. The molecule has 30 heavy (non-hydrogen) atoms. The van der Waals surface area contributed by atoms with Crippen molar-refractivity contribution in [3.8, 4) is 6.07 Å². The molecule has 0 spiro atoms. The summed E-state index contributed by atoms with van der Waals surface area (Å²) in [5.41, 5.74) is 3.32. The van der Waals surface area contributed by atoms with E-state index in [9.17, 15) is 13.2 Å². The van der Waals surface area contributed by atoms with E-state index in [1.807, 2.05) is 24.3 Å². The van der Waals surface area contributed by atoms with Crippen LogP contribution in [0.25, 0.3) is 0 Å². The standard InChI is InChI=1S/C23H19N3O3S/c24-15-17-5-4-6-19(13-17)23(27)25-21-10-9-18-11-12-26(16-20(18)14-21)30(28,29)22-7-2-1-3-8-22/h1-10,13-14H,11-12,16H2,(H,25,27). The molecule has 0 aromatic heterocycles. The first-order valence-electron chi connectivity index (χ1n) is 9.46. The van der Waals surface area contributed by atoms with Gasteiger partial charge in [0.05, 0.1) is 16.5 Å². The molecule has 6 nitrogen and oxygen atoms in total. The van der Waals surface area contributed by atoms with Gasteiger partial charge >= 0.3 is 0 Å². The number of nitrogens with one attached hydrogen (secondary N) is 1. The Bertz CT molecular complexity index is 1250. The number of amides is 1. The minimum absolute atomic E-state index is 0.250. The molecule has 3 aromatic rings. The van der Waals surface area contributed by atoms with E-state index in [1.54, 1.807) is 48.5 Å². The van der Waals surface area contributed by atoms with Gasteiger partial charge in [0.1, 0.15) is 0 Å². The molecule has 0 aliphatic carbocycles. The molecule has 0 atom stereocenters. The maximum absolute atomic E-state index is 12.9. The maximum Gasteiger partial charge on any atom is 0.255 e. The first kappa shape index (κ1) is 19.8. The predicted molar refractivity (Wildman–Crippen MR) is 113 cm³/mol. The van der Waals surface area contributed by atoms with Crippen LogP contribution in [0, 0.1) is 11.3 Å². The highest BCUT2D eigenvalue weighted by molar-refractivity contribution is 7.89. The third kappa shape index (κ3) is 3.96. The Kier molecular flexibility index (Phi) is 5.36. The SMILES string of the molecule is N#Cc1cccc(C(=O)Nc2ccc3c(c2)CN(S(=O)(=O)c2ccccc2)CC3)c1. The smallest absolute Gasteiger partial charge is 0.255 e. The number of carbonyl (C=O) groups is 1. The van der Waals surface area contributed by atoms with Crippen molar-refractivity contribution in [1.82, 2.24) is 4.31 Å². The molecule has 0 saturated carbocycles. The molecule has 3 aromatic carbocycles. The Morgan fingerprint density at radius 3 is 2.53 bits per heavy atom. The van der Waals surface area contributed by atoms with Crippen LogP contribution in [-0.4, -0.2) is 25.2 Å². The van der Waals surface area contributed by atoms with Crippen LogP contribution >= 0.6 is 0 Å². The largest absolute Gasteiger partial charge is 0.322 e. The van der Waals surface area contributed by atoms with Crippen molar-refractivity contribution in [3.63, 3.8) is 0 Å². The predicted octanol–water partition coefficient (Wildman–Crippen LogP) is 3.56. The van der Waals surface area contributed by atoms with Gasteiger partial charge in [0.2, 0.25) is 10.0 Å². The van der Waals surface area contributed by atoms with Crippen LogP contribution < -0.4 is 5.32 Å². The molecule has 1 heterocycles. The van der Waals surface area contributed by atoms with E-state index in [0.29, 0.717) is 29.8 Å². The van der Waals surface area contributed by atoms with Gasteiger partial charge in [-0.05, 0) is 60.0 Å². The lowest BCUT2D eigenvalue weighted by Gasteiger charge is -2.28. The average Bonchev–Trinajstić information content (AvgIpc) is 2.79. The lowest BCUT2D eigenvalue weighted by Crippen LogP contribution is -2.36. The Morgan fingerprint density at radius 1 is 0.967 bits per heavy atom. The van der Waals surface area contributed by atoms with Crippen LogP contribution in [0.3, 0.4) is 0 Å². The molecule has 1 amide bonds. The molecule has 4 rings (SSSR count). The molecular formula is C23H19N3O3S. The van der Waals surface area contributed by atoms with Crippen molar-refractivity contribution < 1.29 is 13.2 Å². The average molecular weight is 417 g/mol. The number of hydrogen-bond acceptors (Lipinski definition) is 4. The maximum atomic E-state index is 12.9. The van der Waals surface area contributed by atoms with E-state index in [-0.39, 0.29) is 17.3 Å². The number of benzene rings is 3. The number of nitrogens with zero attached hydrogens (tertiary/aromatic N) is 2. The summed E-state index contributed by atoms with van der Waals surface area (Å²) in [5, 5.41) is 11.8. The van der Waals surface area contributed by atoms with Gasteiger partial charge in [-0.15, -0.1) is 0 Å². The van der Waals surface area contributed by atoms with Gasteiger partial charge in [-0.25, -0.2) is 8.42 Å². The second-order valence-corrected chi connectivity index (χ2v) is 8.97. The highest BCUT2D eigenvalue weighted by Crippen LogP contribution is 2.27. The summed E-state index contributed by atoms with van der Waals surface area (Å²) in [6.45, 7) is 0.664. The van der Waals surface area contributed by atoms with Gasteiger partial charge in [-0.1, -0.05) is 30.3 Å². The number of sulfonamides is 1. The van der Waals surface area contributed by atoms with Gasteiger partial charge in [-0.3, -0.25) is 4.79 Å². The Morgan fingerprint density at radius 2 is 1.77 bits per heavy atom. The van der Waals surface area contributed by atoms with Crippen molar-refractivity contribution >= 4 is 21.6 Å². The Labute approximate surface area is 175 Å². The van der Waals surface area contributed by atoms with Crippen LogP contribution in [0.2, 0.25) is 0 Å². The van der Waals surface area contributed by atoms with Crippen molar-refractivity contribution in [2.24, 2.45) is 0 Å². The fraction of sp³-hybridized carbons (Fsp3) is 0.130. The number of carbonyl (C=O) groups excluding carboxylic acids is 1. The van der Waals surface area contributed by atoms with Crippen molar-refractivity contribution in [3.05, 3.63) is 95.1 Å². The quantitative estimate of drug-likeness (QED) is 0.703. The van der Waals surface area contributed by atoms with Crippen LogP contribution in [-0.2, 0) is 23.0 Å². The van der Waals surface area contributed by atoms with Crippen LogP contribution in [0.5, 0.6) is 0 Å². The van der Waals surface area contributed by atoms with Gasteiger partial charge in [0.25, 0.3) is 5.91 Å². The third-order valence-electron chi connectivity index (χ3n) is 5.08. The molecule has 1 N–H and O–H groups in total. The van der Waals surface area contributed by atoms with Crippen molar-refractivity contribution in [1.29, 1.82) is 5.26 Å². The fourth-order valence-corrected chi connectivity index (χ4v) is 4.93. The van der Waals surface area contributed by atoms with Gasteiger partial charge in [0, 0.05) is 24.3 Å². The molecular weight excluding hydrogens is 398 g/mol. The summed E-state index contributed by atoms with van der Waals surface area (Å²) in [6, 6.07) is 22.4. The monoisotopic (exact) mass is 417 g/mol. The van der Waals surface area contributed by atoms with E-state index >= 15 is 0 Å². The zero-order valence-electron chi connectivity index (χ0n) is 16.1. The fourth-order valence-electron chi connectivity index (χ4n) is 3.49. The van der Waals surface area contributed by atoms with Gasteiger partial charge in [-0.2, -0.15) is 9.57 Å². The number of anilines is 1. The van der Waals surface area contributed by atoms with Crippen LogP contribution in [0.1, 0.15) is 27.0 Å². The lowest BCUT2D eigenvalue weighted by molar-refractivity contribution is 0.102. The molecule has 0 unspecified atom stereocenters. The summed E-state index contributed by atoms with van der Waals surface area (Å²) >= 11 is 0. The first-order valence-corrected chi connectivity index (χ1v) is 10.9. The highest BCUT2D eigenvalue weighted by atomic mass is 32.2.